The van der Waals surface area contributed by atoms with Gasteiger partial charge in [0.2, 0.25) is 0 Å². The molecule has 0 unspecified atom stereocenters. The Bertz CT molecular complexity index is 664. The van der Waals surface area contributed by atoms with Crippen LogP contribution in [0.4, 0.5) is 0 Å². The summed E-state index contributed by atoms with van der Waals surface area (Å²) in [7, 11) is 0. The van der Waals surface area contributed by atoms with Crippen molar-refractivity contribution < 1.29 is 14.0 Å². The first kappa shape index (κ1) is 11.2. The van der Waals surface area contributed by atoms with E-state index in [2.05, 4.69) is 6.92 Å². The smallest absolute Gasteiger partial charge is 0.163 e. The molecule has 1 aromatic heterocycles. The highest BCUT2D eigenvalue weighted by Gasteiger charge is 2.27. The van der Waals surface area contributed by atoms with Crippen molar-refractivity contribution in [3.8, 4) is 0 Å². The molecule has 3 rings (SSSR count). The maximum atomic E-state index is 12.0. The van der Waals surface area contributed by atoms with Crippen molar-refractivity contribution in [1.82, 2.24) is 0 Å². The van der Waals surface area contributed by atoms with Crippen molar-refractivity contribution in [2.45, 2.75) is 32.6 Å². The van der Waals surface area contributed by atoms with E-state index in [1.807, 2.05) is 6.92 Å². The average Bonchev–Trinajstić information content (AvgIpc) is 2.77. The number of fused-ring (bicyclic) bond motifs is 2. The van der Waals surface area contributed by atoms with Crippen LogP contribution in [0.15, 0.2) is 16.7 Å². The van der Waals surface area contributed by atoms with Crippen LogP contribution in [0.5, 0.6) is 0 Å². The van der Waals surface area contributed by atoms with E-state index >= 15 is 0 Å². The summed E-state index contributed by atoms with van der Waals surface area (Å²) in [5, 5.41) is 0.852. The van der Waals surface area contributed by atoms with Gasteiger partial charge in [0.15, 0.2) is 12.1 Å². The summed E-state index contributed by atoms with van der Waals surface area (Å²) in [6, 6.07) is 1.79. The molecular weight excluding hydrogens is 228 g/mol. The Morgan fingerprint density at radius 2 is 2.22 bits per heavy atom. The Morgan fingerprint density at radius 1 is 1.44 bits per heavy atom. The van der Waals surface area contributed by atoms with Crippen molar-refractivity contribution in [2.24, 2.45) is 0 Å². The first-order valence-electron chi connectivity index (χ1n) is 6.16. The molecule has 0 saturated heterocycles. The average molecular weight is 242 g/mol. The number of carbonyl (C=O) groups excluding carboxylic acids is 2. The fourth-order valence-corrected chi connectivity index (χ4v) is 3.02. The molecule has 0 radical (unpaired) electrons. The van der Waals surface area contributed by atoms with Crippen LogP contribution in [0.25, 0.3) is 11.0 Å². The fraction of sp³-hybridized carbons (Fsp3) is 0.333. The van der Waals surface area contributed by atoms with Crippen molar-refractivity contribution >= 4 is 23.0 Å². The second-order valence-corrected chi connectivity index (χ2v) is 5.01. The van der Waals surface area contributed by atoms with E-state index in [1.165, 1.54) is 6.26 Å². The van der Waals surface area contributed by atoms with Crippen LogP contribution >= 0.6 is 0 Å². The first-order valence-corrected chi connectivity index (χ1v) is 6.16. The van der Waals surface area contributed by atoms with E-state index in [4.69, 9.17) is 4.42 Å². The molecule has 3 heteroatoms. The van der Waals surface area contributed by atoms with Gasteiger partial charge in [0.1, 0.15) is 11.8 Å². The second kappa shape index (κ2) is 3.80. The van der Waals surface area contributed by atoms with Gasteiger partial charge >= 0.3 is 0 Å². The van der Waals surface area contributed by atoms with Gasteiger partial charge in [-0.1, -0.05) is 6.92 Å². The van der Waals surface area contributed by atoms with Crippen LogP contribution in [-0.4, -0.2) is 12.1 Å². The minimum atomic E-state index is 0.178. The van der Waals surface area contributed by atoms with E-state index in [-0.39, 0.29) is 5.78 Å². The molecule has 0 spiro atoms. The number of hydrogen-bond acceptors (Lipinski definition) is 3. The summed E-state index contributed by atoms with van der Waals surface area (Å²) in [4.78, 5) is 23.0. The minimum Gasteiger partial charge on any atom is -0.464 e. The normalized spacial score (nSPS) is 19.0. The molecule has 1 aromatic carbocycles. The number of hydrogen-bond donors (Lipinski definition) is 0. The van der Waals surface area contributed by atoms with Gasteiger partial charge in [-0.05, 0) is 36.5 Å². The third kappa shape index (κ3) is 1.37. The number of Topliss-reactive ketones (excluding diaryl/α,β-unsaturated/α-hetero) is 1. The number of furan rings is 1. The Hall–Kier alpha value is -1.90. The molecule has 18 heavy (non-hydrogen) atoms. The monoisotopic (exact) mass is 242 g/mol. The molecule has 0 N–H and O–H groups in total. The topological polar surface area (TPSA) is 47.3 Å². The molecule has 3 nitrogen and oxygen atoms in total. The molecule has 0 amide bonds. The van der Waals surface area contributed by atoms with Gasteiger partial charge in [-0.3, -0.25) is 9.59 Å². The maximum Gasteiger partial charge on any atom is 0.163 e. The number of ketones is 1. The molecule has 1 aliphatic rings. The van der Waals surface area contributed by atoms with Crippen LogP contribution < -0.4 is 0 Å². The van der Waals surface area contributed by atoms with Crippen molar-refractivity contribution in [1.29, 1.82) is 0 Å². The number of rotatable bonds is 1. The molecule has 1 heterocycles. The molecule has 1 atom stereocenters. The van der Waals surface area contributed by atoms with Crippen LogP contribution in [0, 0.1) is 6.92 Å². The lowest BCUT2D eigenvalue weighted by molar-refractivity contribution is 0.0967. The lowest BCUT2D eigenvalue weighted by atomic mass is 9.79. The number of benzene rings is 1. The summed E-state index contributed by atoms with van der Waals surface area (Å²) in [6.07, 6.45) is 3.75. The van der Waals surface area contributed by atoms with Crippen molar-refractivity contribution in [3.05, 3.63) is 34.6 Å². The minimum absolute atomic E-state index is 0.178. The number of carbonyl (C=O) groups is 2. The molecule has 0 saturated carbocycles. The molecule has 0 fully saturated rings. The van der Waals surface area contributed by atoms with Gasteiger partial charge < -0.3 is 4.42 Å². The van der Waals surface area contributed by atoms with Gasteiger partial charge in [0.25, 0.3) is 0 Å². The highest BCUT2D eigenvalue weighted by Crippen LogP contribution is 2.38. The van der Waals surface area contributed by atoms with Crippen molar-refractivity contribution in [2.75, 3.05) is 0 Å². The Morgan fingerprint density at radius 3 is 2.94 bits per heavy atom. The highest BCUT2D eigenvalue weighted by atomic mass is 16.3. The number of aryl methyl sites for hydroxylation is 1. The zero-order valence-electron chi connectivity index (χ0n) is 10.4. The summed E-state index contributed by atoms with van der Waals surface area (Å²) in [5.41, 5.74) is 4.07. The zero-order chi connectivity index (χ0) is 12.9. The lowest BCUT2D eigenvalue weighted by Crippen LogP contribution is -2.15. The Balaban J connectivity index is 2.42. The van der Waals surface area contributed by atoms with Crippen LogP contribution in [-0.2, 0) is 0 Å². The molecule has 92 valence electrons. The molecule has 1 aliphatic carbocycles. The summed E-state index contributed by atoms with van der Waals surface area (Å²) < 4.78 is 5.39. The largest absolute Gasteiger partial charge is 0.464 e. The quantitative estimate of drug-likeness (QED) is 0.717. The van der Waals surface area contributed by atoms with Crippen LogP contribution in [0.1, 0.15) is 57.5 Å². The van der Waals surface area contributed by atoms with E-state index < -0.39 is 0 Å². The van der Waals surface area contributed by atoms with E-state index in [1.54, 1.807) is 6.07 Å². The predicted octanol–water partition coefficient (Wildman–Crippen LogP) is 3.63. The van der Waals surface area contributed by atoms with E-state index in [9.17, 15) is 9.59 Å². The standard InChI is InChI=1S/C15H14O3/c1-8-3-4-12(17)11-5-13-15(9(2)14(8)11)10(6-16)7-18-13/h5-8H,3-4H2,1-2H3/t8-/m1/s1. The third-order valence-corrected chi connectivity index (χ3v) is 3.92. The lowest BCUT2D eigenvalue weighted by Gasteiger charge is -2.23. The summed E-state index contributed by atoms with van der Waals surface area (Å²) in [6.45, 7) is 4.10. The SMILES string of the molecule is Cc1c2c(cc3occ(C=O)c13)C(=O)CC[C@H]2C. The van der Waals surface area contributed by atoms with E-state index in [0.717, 1.165) is 34.8 Å². The van der Waals surface area contributed by atoms with Gasteiger partial charge in [0, 0.05) is 17.4 Å². The molecule has 0 bridgehead atoms. The predicted molar refractivity (Wildman–Crippen MR) is 68.3 cm³/mol. The van der Waals surface area contributed by atoms with E-state index in [0.29, 0.717) is 23.5 Å². The Labute approximate surface area is 105 Å². The third-order valence-electron chi connectivity index (χ3n) is 3.92. The fourth-order valence-electron chi connectivity index (χ4n) is 3.02. The number of aldehydes is 1. The highest BCUT2D eigenvalue weighted by molar-refractivity contribution is 6.06. The van der Waals surface area contributed by atoms with Crippen LogP contribution in [0.3, 0.4) is 0 Å². The summed E-state index contributed by atoms with van der Waals surface area (Å²) in [5.74, 6) is 0.536. The van der Waals surface area contributed by atoms with Gasteiger partial charge in [-0.25, -0.2) is 0 Å². The van der Waals surface area contributed by atoms with Crippen LogP contribution in [0.2, 0.25) is 0 Å². The summed E-state index contributed by atoms with van der Waals surface area (Å²) >= 11 is 0. The van der Waals surface area contributed by atoms with Gasteiger partial charge in [-0.15, -0.1) is 0 Å². The van der Waals surface area contributed by atoms with Crippen molar-refractivity contribution in [3.63, 3.8) is 0 Å². The van der Waals surface area contributed by atoms with Gasteiger partial charge in [-0.2, -0.15) is 0 Å². The Kier molecular flexibility index (Phi) is 2.37. The second-order valence-electron chi connectivity index (χ2n) is 5.01. The van der Waals surface area contributed by atoms with Gasteiger partial charge in [0.05, 0.1) is 5.56 Å². The zero-order valence-corrected chi connectivity index (χ0v) is 10.4. The first-order chi connectivity index (χ1) is 8.63. The molecular formula is C15H14O3. The molecule has 0 aliphatic heterocycles. The maximum absolute atomic E-state index is 12.0. The molecule has 2 aromatic rings.